The molecule has 1 heterocycles. The number of hydrogen-bond donors (Lipinski definition) is 1. The van der Waals surface area contributed by atoms with E-state index in [2.05, 4.69) is 18.3 Å². The molecule has 0 spiro atoms. The molecular formula is C14H23NO2. The van der Waals surface area contributed by atoms with E-state index >= 15 is 0 Å². The zero-order valence-corrected chi connectivity index (χ0v) is 11.0. The number of ether oxygens (including phenoxy) is 1. The van der Waals surface area contributed by atoms with E-state index in [1.165, 1.54) is 5.57 Å². The summed E-state index contributed by atoms with van der Waals surface area (Å²) in [6.07, 6.45) is 8.02. The second-order valence-corrected chi connectivity index (χ2v) is 4.37. The van der Waals surface area contributed by atoms with E-state index in [4.69, 9.17) is 4.74 Å². The van der Waals surface area contributed by atoms with Gasteiger partial charge in [-0.25, -0.2) is 0 Å². The molecule has 3 heteroatoms. The number of piperidine rings is 1. The summed E-state index contributed by atoms with van der Waals surface area (Å²) in [6.45, 7) is 7.34. The van der Waals surface area contributed by atoms with E-state index in [0.29, 0.717) is 6.61 Å². The molecule has 1 aliphatic heterocycles. The molecule has 0 aliphatic carbocycles. The Morgan fingerprint density at radius 1 is 1.53 bits per heavy atom. The average molecular weight is 237 g/mol. The molecule has 0 radical (unpaired) electrons. The zero-order valence-electron chi connectivity index (χ0n) is 11.0. The summed E-state index contributed by atoms with van der Waals surface area (Å²) < 4.78 is 5.14. The molecule has 2 unspecified atom stereocenters. The molecular weight excluding hydrogens is 214 g/mol. The Morgan fingerprint density at radius 3 is 2.94 bits per heavy atom. The van der Waals surface area contributed by atoms with Crippen LogP contribution < -0.4 is 5.32 Å². The van der Waals surface area contributed by atoms with Crippen molar-refractivity contribution in [1.82, 2.24) is 5.32 Å². The van der Waals surface area contributed by atoms with Gasteiger partial charge >= 0.3 is 5.97 Å². The van der Waals surface area contributed by atoms with Crippen LogP contribution in [0.5, 0.6) is 0 Å². The van der Waals surface area contributed by atoms with E-state index in [1.807, 2.05) is 26.0 Å². The molecule has 3 nitrogen and oxygen atoms in total. The first-order valence-electron chi connectivity index (χ1n) is 6.40. The highest BCUT2D eigenvalue weighted by Gasteiger charge is 2.32. The van der Waals surface area contributed by atoms with Gasteiger partial charge in [0.15, 0.2) is 0 Å². The predicted molar refractivity (Wildman–Crippen MR) is 69.7 cm³/mol. The van der Waals surface area contributed by atoms with Gasteiger partial charge in [-0.05, 0) is 40.2 Å². The van der Waals surface area contributed by atoms with Gasteiger partial charge in [-0.15, -0.1) is 0 Å². The molecule has 0 bridgehead atoms. The van der Waals surface area contributed by atoms with Gasteiger partial charge in [0, 0.05) is 6.04 Å². The lowest BCUT2D eigenvalue weighted by Crippen LogP contribution is -2.46. The van der Waals surface area contributed by atoms with Gasteiger partial charge in [0.1, 0.15) is 0 Å². The lowest BCUT2D eigenvalue weighted by molar-refractivity contribution is -0.149. The minimum Gasteiger partial charge on any atom is -0.466 e. The van der Waals surface area contributed by atoms with Crippen LogP contribution in [-0.2, 0) is 9.53 Å². The number of nitrogens with one attached hydrogen (secondary N) is 1. The van der Waals surface area contributed by atoms with Crippen molar-refractivity contribution in [3.8, 4) is 0 Å². The SMILES string of the molecule is C/C=C\C=C(/C)C1NCCCC1C(=O)OCC. The molecule has 0 aromatic carbocycles. The number of carbonyl (C=O) groups is 1. The molecule has 1 aliphatic rings. The minimum atomic E-state index is -0.0714. The Labute approximate surface area is 104 Å². The summed E-state index contributed by atoms with van der Waals surface area (Å²) >= 11 is 0. The van der Waals surface area contributed by atoms with Crippen molar-refractivity contribution in [2.24, 2.45) is 5.92 Å². The van der Waals surface area contributed by atoms with E-state index < -0.39 is 0 Å². The first-order chi connectivity index (χ1) is 8.20. The second kappa shape index (κ2) is 7.28. The van der Waals surface area contributed by atoms with Crippen molar-refractivity contribution < 1.29 is 9.53 Å². The summed E-state index contributed by atoms with van der Waals surface area (Å²) in [4.78, 5) is 11.9. The maximum atomic E-state index is 11.9. The fourth-order valence-corrected chi connectivity index (χ4v) is 2.22. The molecule has 0 aromatic rings. The third-order valence-corrected chi connectivity index (χ3v) is 3.09. The summed E-state index contributed by atoms with van der Waals surface area (Å²) in [5, 5.41) is 3.41. The van der Waals surface area contributed by atoms with Crippen LogP contribution in [0.2, 0.25) is 0 Å². The van der Waals surface area contributed by atoms with Gasteiger partial charge in [0.25, 0.3) is 0 Å². The molecule has 0 amide bonds. The van der Waals surface area contributed by atoms with Gasteiger partial charge in [-0.3, -0.25) is 4.79 Å². The molecule has 1 fully saturated rings. The molecule has 2 atom stereocenters. The number of esters is 1. The van der Waals surface area contributed by atoms with E-state index in [0.717, 1.165) is 19.4 Å². The van der Waals surface area contributed by atoms with Crippen LogP contribution in [0.15, 0.2) is 23.8 Å². The minimum absolute atomic E-state index is 0.0368. The van der Waals surface area contributed by atoms with Crippen LogP contribution >= 0.6 is 0 Å². The van der Waals surface area contributed by atoms with Crippen molar-refractivity contribution >= 4 is 5.97 Å². The summed E-state index contributed by atoms with van der Waals surface area (Å²) in [5.74, 6) is -0.108. The highest BCUT2D eigenvalue weighted by Crippen LogP contribution is 2.23. The van der Waals surface area contributed by atoms with Crippen LogP contribution in [-0.4, -0.2) is 25.2 Å². The highest BCUT2D eigenvalue weighted by atomic mass is 16.5. The van der Waals surface area contributed by atoms with Crippen molar-refractivity contribution in [3.63, 3.8) is 0 Å². The molecule has 0 saturated carbocycles. The Kier molecular flexibility index (Phi) is 5.98. The van der Waals surface area contributed by atoms with Crippen LogP contribution in [0, 0.1) is 5.92 Å². The summed E-state index contributed by atoms with van der Waals surface area (Å²) in [6, 6.07) is 0.124. The second-order valence-electron chi connectivity index (χ2n) is 4.37. The van der Waals surface area contributed by atoms with Crippen LogP contribution in [0.4, 0.5) is 0 Å². The smallest absolute Gasteiger partial charge is 0.310 e. The number of rotatable bonds is 4. The summed E-state index contributed by atoms with van der Waals surface area (Å²) in [7, 11) is 0. The number of allylic oxidation sites excluding steroid dienone is 3. The van der Waals surface area contributed by atoms with E-state index in [1.54, 1.807) is 0 Å². The quantitative estimate of drug-likeness (QED) is 0.603. The molecule has 17 heavy (non-hydrogen) atoms. The van der Waals surface area contributed by atoms with E-state index in [9.17, 15) is 4.79 Å². The Morgan fingerprint density at radius 2 is 2.29 bits per heavy atom. The van der Waals surface area contributed by atoms with Gasteiger partial charge in [-0.1, -0.05) is 23.8 Å². The molecule has 96 valence electrons. The molecule has 0 aromatic heterocycles. The number of hydrogen-bond acceptors (Lipinski definition) is 3. The van der Waals surface area contributed by atoms with Gasteiger partial charge in [-0.2, -0.15) is 0 Å². The maximum Gasteiger partial charge on any atom is 0.310 e. The zero-order chi connectivity index (χ0) is 12.7. The Bertz CT molecular complexity index is 307. The molecule has 1 N–H and O–H groups in total. The third-order valence-electron chi connectivity index (χ3n) is 3.09. The van der Waals surface area contributed by atoms with Crippen molar-refractivity contribution in [2.75, 3.05) is 13.2 Å². The lowest BCUT2D eigenvalue weighted by atomic mass is 9.86. The predicted octanol–water partition coefficient (Wildman–Crippen LogP) is 2.44. The van der Waals surface area contributed by atoms with Crippen molar-refractivity contribution in [1.29, 1.82) is 0 Å². The first kappa shape index (κ1) is 14.0. The van der Waals surface area contributed by atoms with E-state index in [-0.39, 0.29) is 17.9 Å². The topological polar surface area (TPSA) is 38.3 Å². The van der Waals surface area contributed by atoms with Gasteiger partial charge < -0.3 is 10.1 Å². The van der Waals surface area contributed by atoms with Crippen LogP contribution in [0.3, 0.4) is 0 Å². The van der Waals surface area contributed by atoms with Crippen molar-refractivity contribution in [2.45, 2.75) is 39.7 Å². The number of carbonyl (C=O) groups excluding carboxylic acids is 1. The third kappa shape index (κ3) is 4.00. The standard InChI is InChI=1S/C14H23NO2/c1-4-6-8-11(3)13-12(9-7-10-15-13)14(16)17-5-2/h4,6,8,12-13,15H,5,7,9-10H2,1-3H3/b6-4-,11-8+. The Balaban J connectivity index is 2.75. The lowest BCUT2D eigenvalue weighted by Gasteiger charge is -2.31. The van der Waals surface area contributed by atoms with Crippen LogP contribution in [0.1, 0.15) is 33.6 Å². The van der Waals surface area contributed by atoms with Gasteiger partial charge in [0.2, 0.25) is 0 Å². The first-order valence-corrected chi connectivity index (χ1v) is 6.40. The normalized spacial score (nSPS) is 26.2. The van der Waals surface area contributed by atoms with Crippen LogP contribution in [0.25, 0.3) is 0 Å². The fourth-order valence-electron chi connectivity index (χ4n) is 2.22. The summed E-state index contributed by atoms with van der Waals surface area (Å²) in [5.41, 5.74) is 1.20. The molecule has 1 rings (SSSR count). The largest absolute Gasteiger partial charge is 0.466 e. The van der Waals surface area contributed by atoms with Gasteiger partial charge in [0.05, 0.1) is 12.5 Å². The fraction of sp³-hybridized carbons (Fsp3) is 0.643. The van der Waals surface area contributed by atoms with Crippen molar-refractivity contribution in [3.05, 3.63) is 23.8 Å². The molecule has 1 saturated heterocycles. The Hall–Kier alpha value is -1.09. The average Bonchev–Trinajstić information content (AvgIpc) is 2.36. The maximum absolute atomic E-state index is 11.9. The monoisotopic (exact) mass is 237 g/mol. The highest BCUT2D eigenvalue weighted by molar-refractivity contribution is 5.74.